The van der Waals surface area contributed by atoms with Crippen molar-refractivity contribution in [3.05, 3.63) is 0 Å². The van der Waals surface area contributed by atoms with Gasteiger partial charge in [-0.05, 0) is 39.0 Å². The number of esters is 1. The van der Waals surface area contributed by atoms with Gasteiger partial charge in [-0.15, -0.1) is 0 Å². The summed E-state index contributed by atoms with van der Waals surface area (Å²) in [7, 11) is 0. The highest BCUT2D eigenvalue weighted by Crippen LogP contribution is 2.40. The third-order valence-electron chi connectivity index (χ3n) is 3.30. The Morgan fingerprint density at radius 3 is 2.43 bits per heavy atom. The van der Waals surface area contributed by atoms with E-state index in [0.717, 1.165) is 32.1 Å². The molecular formula is C11H20O3. The SMILES string of the molecule is CCOC(=O)[C@]1(CC)CC[C@@H](O)CC1. The van der Waals surface area contributed by atoms with Crippen LogP contribution in [0.25, 0.3) is 0 Å². The lowest BCUT2D eigenvalue weighted by atomic mass is 9.71. The summed E-state index contributed by atoms with van der Waals surface area (Å²) in [5.41, 5.74) is -0.310. The number of rotatable bonds is 3. The predicted molar refractivity (Wildman–Crippen MR) is 53.8 cm³/mol. The Kier molecular flexibility index (Phi) is 3.93. The minimum atomic E-state index is -0.310. The maximum absolute atomic E-state index is 11.8. The van der Waals surface area contributed by atoms with E-state index in [-0.39, 0.29) is 17.5 Å². The molecule has 1 aliphatic rings. The highest BCUT2D eigenvalue weighted by molar-refractivity contribution is 5.76. The summed E-state index contributed by atoms with van der Waals surface area (Å²) >= 11 is 0. The van der Waals surface area contributed by atoms with Crippen molar-refractivity contribution in [1.82, 2.24) is 0 Å². The molecule has 0 spiro atoms. The Morgan fingerprint density at radius 2 is 2.00 bits per heavy atom. The second-order valence-corrected chi connectivity index (χ2v) is 4.09. The number of carbonyl (C=O) groups excluding carboxylic acids is 1. The monoisotopic (exact) mass is 200 g/mol. The van der Waals surface area contributed by atoms with Gasteiger partial charge in [0.2, 0.25) is 0 Å². The van der Waals surface area contributed by atoms with E-state index in [4.69, 9.17) is 4.74 Å². The Hall–Kier alpha value is -0.570. The van der Waals surface area contributed by atoms with E-state index in [2.05, 4.69) is 0 Å². The first-order chi connectivity index (χ1) is 6.64. The van der Waals surface area contributed by atoms with Crippen LogP contribution >= 0.6 is 0 Å². The van der Waals surface area contributed by atoms with Crippen LogP contribution in [0, 0.1) is 5.41 Å². The zero-order valence-corrected chi connectivity index (χ0v) is 9.08. The fraction of sp³-hybridized carbons (Fsp3) is 0.909. The van der Waals surface area contributed by atoms with Gasteiger partial charge >= 0.3 is 5.97 Å². The molecule has 14 heavy (non-hydrogen) atoms. The maximum atomic E-state index is 11.8. The predicted octanol–water partition coefficient (Wildman–Crippen LogP) is 1.88. The molecule has 82 valence electrons. The summed E-state index contributed by atoms with van der Waals surface area (Å²) in [4.78, 5) is 11.8. The normalized spacial score (nSPS) is 32.6. The Balaban J connectivity index is 2.62. The fourth-order valence-electron chi connectivity index (χ4n) is 2.14. The molecular weight excluding hydrogens is 180 g/mol. The van der Waals surface area contributed by atoms with Crippen molar-refractivity contribution in [3.63, 3.8) is 0 Å². The van der Waals surface area contributed by atoms with Gasteiger partial charge < -0.3 is 9.84 Å². The van der Waals surface area contributed by atoms with Crippen LogP contribution in [0.15, 0.2) is 0 Å². The molecule has 1 aliphatic carbocycles. The molecule has 1 saturated carbocycles. The molecule has 0 amide bonds. The number of aliphatic hydroxyl groups excluding tert-OH is 1. The largest absolute Gasteiger partial charge is 0.466 e. The quantitative estimate of drug-likeness (QED) is 0.707. The first-order valence-electron chi connectivity index (χ1n) is 5.50. The molecule has 3 nitrogen and oxygen atoms in total. The van der Waals surface area contributed by atoms with Gasteiger partial charge in [0.25, 0.3) is 0 Å². The summed E-state index contributed by atoms with van der Waals surface area (Å²) in [6, 6.07) is 0. The van der Waals surface area contributed by atoms with Crippen LogP contribution in [0.3, 0.4) is 0 Å². The zero-order valence-electron chi connectivity index (χ0n) is 9.08. The summed E-state index contributed by atoms with van der Waals surface area (Å²) in [6.45, 7) is 4.30. The minimum Gasteiger partial charge on any atom is -0.466 e. The fourth-order valence-corrected chi connectivity index (χ4v) is 2.14. The van der Waals surface area contributed by atoms with Crippen LogP contribution in [-0.2, 0) is 9.53 Å². The van der Waals surface area contributed by atoms with Gasteiger partial charge in [0.15, 0.2) is 0 Å². The lowest BCUT2D eigenvalue weighted by Gasteiger charge is -2.35. The molecule has 3 heteroatoms. The highest BCUT2D eigenvalue weighted by atomic mass is 16.5. The Morgan fingerprint density at radius 1 is 1.43 bits per heavy atom. The number of hydrogen-bond donors (Lipinski definition) is 1. The minimum absolute atomic E-state index is 0.0746. The molecule has 0 aromatic carbocycles. The molecule has 1 N–H and O–H groups in total. The summed E-state index contributed by atoms with van der Waals surface area (Å²) < 4.78 is 5.09. The Labute approximate surface area is 85.5 Å². The Bertz CT molecular complexity index is 193. The van der Waals surface area contributed by atoms with E-state index in [1.807, 2.05) is 13.8 Å². The molecule has 0 heterocycles. The average Bonchev–Trinajstić information content (AvgIpc) is 2.20. The standard InChI is InChI=1S/C11H20O3/c1-3-11(10(13)14-4-2)7-5-9(12)6-8-11/h9,12H,3-8H2,1-2H3/t9-,11-. The van der Waals surface area contributed by atoms with Crippen LogP contribution in [0.2, 0.25) is 0 Å². The third-order valence-corrected chi connectivity index (χ3v) is 3.30. The highest BCUT2D eigenvalue weighted by Gasteiger charge is 2.41. The number of hydrogen-bond acceptors (Lipinski definition) is 3. The third kappa shape index (κ3) is 2.27. The van der Waals surface area contributed by atoms with Gasteiger partial charge in [-0.3, -0.25) is 4.79 Å². The molecule has 0 radical (unpaired) electrons. The van der Waals surface area contributed by atoms with E-state index in [0.29, 0.717) is 6.61 Å². The lowest BCUT2D eigenvalue weighted by Crippen LogP contribution is -2.37. The van der Waals surface area contributed by atoms with Crippen molar-refractivity contribution in [3.8, 4) is 0 Å². The number of ether oxygens (including phenoxy) is 1. The van der Waals surface area contributed by atoms with E-state index in [1.165, 1.54) is 0 Å². The summed E-state index contributed by atoms with van der Waals surface area (Å²) in [5, 5.41) is 9.40. The van der Waals surface area contributed by atoms with E-state index < -0.39 is 0 Å². The van der Waals surface area contributed by atoms with Crippen molar-refractivity contribution in [2.75, 3.05) is 6.61 Å². The van der Waals surface area contributed by atoms with Gasteiger partial charge in [0.1, 0.15) is 0 Å². The van der Waals surface area contributed by atoms with Crippen LogP contribution in [0.4, 0.5) is 0 Å². The van der Waals surface area contributed by atoms with Crippen LogP contribution < -0.4 is 0 Å². The van der Waals surface area contributed by atoms with Gasteiger partial charge in [0, 0.05) is 0 Å². The molecule has 1 fully saturated rings. The second-order valence-electron chi connectivity index (χ2n) is 4.09. The van der Waals surface area contributed by atoms with Crippen LogP contribution in [0.1, 0.15) is 46.0 Å². The smallest absolute Gasteiger partial charge is 0.312 e. The first kappa shape index (κ1) is 11.5. The van der Waals surface area contributed by atoms with Gasteiger partial charge in [-0.1, -0.05) is 6.92 Å². The lowest BCUT2D eigenvalue weighted by molar-refractivity contribution is -0.159. The van der Waals surface area contributed by atoms with Gasteiger partial charge in [0.05, 0.1) is 18.1 Å². The average molecular weight is 200 g/mol. The van der Waals surface area contributed by atoms with E-state index in [9.17, 15) is 9.90 Å². The number of aliphatic hydroxyl groups is 1. The maximum Gasteiger partial charge on any atom is 0.312 e. The van der Waals surface area contributed by atoms with Crippen molar-refractivity contribution in [2.24, 2.45) is 5.41 Å². The molecule has 1 rings (SSSR count). The molecule has 0 aliphatic heterocycles. The van der Waals surface area contributed by atoms with Crippen LogP contribution in [0.5, 0.6) is 0 Å². The topological polar surface area (TPSA) is 46.5 Å². The van der Waals surface area contributed by atoms with Crippen molar-refractivity contribution in [1.29, 1.82) is 0 Å². The first-order valence-corrected chi connectivity index (χ1v) is 5.50. The van der Waals surface area contributed by atoms with Crippen molar-refractivity contribution >= 4 is 5.97 Å². The molecule has 0 atom stereocenters. The van der Waals surface area contributed by atoms with Crippen molar-refractivity contribution < 1.29 is 14.6 Å². The van der Waals surface area contributed by atoms with E-state index in [1.54, 1.807) is 0 Å². The molecule has 0 bridgehead atoms. The molecule has 0 aromatic rings. The number of carbonyl (C=O) groups is 1. The van der Waals surface area contributed by atoms with Gasteiger partial charge in [-0.2, -0.15) is 0 Å². The molecule has 0 aromatic heterocycles. The van der Waals surface area contributed by atoms with E-state index >= 15 is 0 Å². The molecule has 0 unspecified atom stereocenters. The summed E-state index contributed by atoms with van der Waals surface area (Å²) in [6.07, 6.45) is 3.59. The zero-order chi connectivity index (χ0) is 10.6. The summed E-state index contributed by atoms with van der Waals surface area (Å²) in [5.74, 6) is -0.0746. The molecule has 0 saturated heterocycles. The second kappa shape index (κ2) is 4.78. The van der Waals surface area contributed by atoms with Gasteiger partial charge in [-0.25, -0.2) is 0 Å². The van der Waals surface area contributed by atoms with Crippen LogP contribution in [-0.4, -0.2) is 23.8 Å². The van der Waals surface area contributed by atoms with Crippen molar-refractivity contribution in [2.45, 2.75) is 52.1 Å².